The fourth-order valence-corrected chi connectivity index (χ4v) is 3.67. The number of carbonyl (C=O) groups excluding carboxylic acids is 3. The van der Waals surface area contributed by atoms with E-state index in [1.54, 1.807) is 19.5 Å². The summed E-state index contributed by atoms with van der Waals surface area (Å²) in [5, 5.41) is 7.15. The maximum Gasteiger partial charge on any atom is 0.287 e. The van der Waals surface area contributed by atoms with Crippen molar-refractivity contribution < 1.29 is 14.4 Å². The number of Topliss-reactive ketones (excluding diaryl/α,β-unsaturated/α-hetero) is 1. The summed E-state index contributed by atoms with van der Waals surface area (Å²) in [4.78, 5) is 41.4. The highest BCUT2D eigenvalue weighted by atomic mass is 16.2. The van der Waals surface area contributed by atoms with E-state index in [2.05, 4.69) is 15.4 Å². The van der Waals surface area contributed by atoms with Gasteiger partial charge in [-0.15, -0.1) is 0 Å². The van der Waals surface area contributed by atoms with Crippen LogP contribution in [0.25, 0.3) is 11.3 Å². The number of nitrogens with one attached hydrogen (secondary N) is 1. The molecule has 1 aliphatic rings. The minimum absolute atomic E-state index is 0.150. The number of carbonyl (C=O) groups is 3. The van der Waals surface area contributed by atoms with Gasteiger partial charge in [-0.2, -0.15) is 5.10 Å². The molecule has 0 saturated heterocycles. The van der Waals surface area contributed by atoms with Crippen LogP contribution in [0.1, 0.15) is 27.0 Å². The normalized spacial score (nSPS) is 12.9. The second-order valence-electron chi connectivity index (χ2n) is 7.36. The maximum atomic E-state index is 13.2. The van der Waals surface area contributed by atoms with Crippen LogP contribution in [0, 0.1) is 0 Å². The van der Waals surface area contributed by atoms with E-state index in [9.17, 15) is 14.4 Å². The zero-order valence-corrected chi connectivity index (χ0v) is 16.9. The number of nitrogens with zero attached hydrogens (tertiary/aromatic N) is 3. The molecule has 2 amide bonds. The molecule has 0 bridgehead atoms. The van der Waals surface area contributed by atoms with E-state index in [1.165, 1.54) is 4.68 Å². The average molecular weight is 415 g/mol. The molecule has 1 aliphatic heterocycles. The van der Waals surface area contributed by atoms with Crippen molar-refractivity contribution in [1.82, 2.24) is 15.1 Å². The number of fused-ring (bicyclic) bond motifs is 1. The first-order valence-corrected chi connectivity index (χ1v) is 9.78. The minimum Gasteiger partial charge on any atom is -0.363 e. The predicted molar refractivity (Wildman–Crippen MR) is 116 cm³/mol. The second kappa shape index (κ2) is 8.35. The van der Waals surface area contributed by atoms with E-state index in [1.807, 2.05) is 48.5 Å². The van der Waals surface area contributed by atoms with E-state index >= 15 is 0 Å². The fraction of sp³-hybridized carbons (Fsp3) is 0.174. The Hall–Kier alpha value is -4.07. The molecule has 1 unspecified atom stereocenters. The van der Waals surface area contributed by atoms with Gasteiger partial charge >= 0.3 is 0 Å². The van der Waals surface area contributed by atoms with Crippen LogP contribution in [0.5, 0.6) is 0 Å². The van der Waals surface area contributed by atoms with E-state index in [-0.39, 0.29) is 6.42 Å². The Balaban J connectivity index is 1.66. The minimum atomic E-state index is -1.09. The quantitative estimate of drug-likeness (QED) is 0.567. The topological polar surface area (TPSA) is 119 Å². The number of ketones is 1. The van der Waals surface area contributed by atoms with E-state index in [0.717, 1.165) is 22.3 Å². The van der Waals surface area contributed by atoms with Crippen molar-refractivity contribution >= 4 is 23.8 Å². The van der Waals surface area contributed by atoms with Crippen molar-refractivity contribution in [2.24, 2.45) is 17.8 Å². The molecule has 2 heterocycles. The Bertz CT molecular complexity index is 1200. The fourth-order valence-electron chi connectivity index (χ4n) is 3.67. The highest BCUT2D eigenvalue weighted by Crippen LogP contribution is 2.29. The number of aromatic nitrogens is 2. The van der Waals surface area contributed by atoms with Gasteiger partial charge in [-0.3, -0.25) is 24.1 Å². The van der Waals surface area contributed by atoms with Gasteiger partial charge in [-0.25, -0.2) is 0 Å². The van der Waals surface area contributed by atoms with E-state index in [0.29, 0.717) is 17.8 Å². The lowest BCUT2D eigenvalue weighted by Gasteiger charge is -2.16. The predicted octanol–water partition coefficient (Wildman–Crippen LogP) is 1.42. The Kier molecular flexibility index (Phi) is 5.44. The number of benzene rings is 2. The van der Waals surface area contributed by atoms with Crippen LogP contribution >= 0.6 is 0 Å². The van der Waals surface area contributed by atoms with Crippen LogP contribution in [0.15, 0.2) is 59.7 Å². The number of hydrogen-bond acceptors (Lipinski definition) is 5. The molecular weight excluding hydrogens is 394 g/mol. The molecule has 8 heteroatoms. The molecular formula is C23H21N5O3. The molecule has 0 fully saturated rings. The molecule has 3 aromatic rings. The first-order valence-electron chi connectivity index (χ1n) is 9.78. The molecule has 2 aromatic carbocycles. The SMILES string of the molecule is Cn1cc(C(=O)NC(Cc2ccccc2)C(=O)C(N)=O)c(-c2cccc3c2C=NC3)n1. The summed E-state index contributed by atoms with van der Waals surface area (Å²) in [6, 6.07) is 13.8. The Morgan fingerprint density at radius 3 is 2.65 bits per heavy atom. The molecule has 3 N–H and O–H groups in total. The lowest BCUT2D eigenvalue weighted by atomic mass is 9.98. The summed E-state index contributed by atoms with van der Waals surface area (Å²) < 4.78 is 1.54. The Labute approximate surface area is 178 Å². The first kappa shape index (κ1) is 20.2. The summed E-state index contributed by atoms with van der Waals surface area (Å²) in [7, 11) is 1.72. The number of primary amides is 1. The number of nitrogens with two attached hydrogens (primary N) is 1. The van der Waals surface area contributed by atoms with Crippen LogP contribution < -0.4 is 11.1 Å². The zero-order chi connectivity index (χ0) is 22.0. The van der Waals surface area contributed by atoms with Crippen LogP contribution in [-0.2, 0) is 29.6 Å². The highest BCUT2D eigenvalue weighted by Gasteiger charge is 2.28. The van der Waals surface area contributed by atoms with E-state index < -0.39 is 23.6 Å². The zero-order valence-electron chi connectivity index (χ0n) is 16.9. The van der Waals surface area contributed by atoms with Crippen molar-refractivity contribution in [1.29, 1.82) is 0 Å². The van der Waals surface area contributed by atoms with Crippen molar-refractivity contribution in [3.05, 3.63) is 77.0 Å². The van der Waals surface area contributed by atoms with Gasteiger partial charge in [0.05, 0.1) is 12.1 Å². The smallest absolute Gasteiger partial charge is 0.287 e. The van der Waals surface area contributed by atoms with Crippen molar-refractivity contribution in [3.8, 4) is 11.3 Å². The van der Waals surface area contributed by atoms with Gasteiger partial charge in [0.1, 0.15) is 11.7 Å². The van der Waals surface area contributed by atoms with Crippen molar-refractivity contribution in [3.63, 3.8) is 0 Å². The average Bonchev–Trinajstić information content (AvgIpc) is 3.39. The standard InChI is InChI=1S/C23H21N5O3/c1-28-13-18(20(27-28)16-9-5-8-15-11-25-12-17(15)16)23(31)26-19(21(29)22(24)30)10-14-6-3-2-4-7-14/h2-9,12-13,19H,10-11H2,1H3,(H2,24,30)(H,26,31). The van der Waals surface area contributed by atoms with Crippen LogP contribution in [0.4, 0.5) is 0 Å². The maximum absolute atomic E-state index is 13.2. The molecule has 1 aromatic heterocycles. The van der Waals surface area contributed by atoms with Crippen LogP contribution in [0.2, 0.25) is 0 Å². The summed E-state index contributed by atoms with van der Waals surface area (Å²) in [6.45, 7) is 0.587. The molecule has 1 atom stereocenters. The monoisotopic (exact) mass is 415 g/mol. The van der Waals surface area contributed by atoms with Gasteiger partial charge in [-0.1, -0.05) is 48.5 Å². The van der Waals surface area contributed by atoms with Crippen LogP contribution in [-0.4, -0.2) is 39.6 Å². The molecule has 4 rings (SSSR count). The molecule has 31 heavy (non-hydrogen) atoms. The largest absolute Gasteiger partial charge is 0.363 e. The first-order chi connectivity index (χ1) is 14.9. The van der Waals surface area contributed by atoms with Gasteiger partial charge in [0.2, 0.25) is 5.78 Å². The number of aryl methyl sites for hydroxylation is 1. The molecule has 156 valence electrons. The third kappa shape index (κ3) is 4.13. The van der Waals surface area contributed by atoms with Gasteiger partial charge in [0, 0.05) is 37.0 Å². The summed E-state index contributed by atoms with van der Waals surface area (Å²) in [5.74, 6) is -2.45. The molecule has 0 aliphatic carbocycles. The summed E-state index contributed by atoms with van der Waals surface area (Å²) in [6.07, 6.45) is 3.51. The van der Waals surface area contributed by atoms with Gasteiger partial charge in [-0.05, 0) is 11.1 Å². The summed E-state index contributed by atoms with van der Waals surface area (Å²) in [5.41, 5.74) is 9.56. The van der Waals surface area contributed by atoms with Gasteiger partial charge in [0.25, 0.3) is 11.8 Å². The molecule has 8 nitrogen and oxygen atoms in total. The number of rotatable bonds is 7. The molecule has 0 saturated carbocycles. The Morgan fingerprint density at radius 2 is 1.90 bits per heavy atom. The van der Waals surface area contributed by atoms with Gasteiger partial charge < -0.3 is 11.1 Å². The number of aliphatic imine (C=N–C) groups is 1. The van der Waals surface area contributed by atoms with Gasteiger partial charge in [0.15, 0.2) is 0 Å². The molecule has 0 radical (unpaired) electrons. The second-order valence-corrected chi connectivity index (χ2v) is 7.36. The van der Waals surface area contributed by atoms with Crippen molar-refractivity contribution in [2.45, 2.75) is 19.0 Å². The third-order valence-corrected chi connectivity index (χ3v) is 5.15. The number of hydrogen-bond donors (Lipinski definition) is 2. The summed E-state index contributed by atoms with van der Waals surface area (Å²) >= 11 is 0. The Morgan fingerprint density at radius 1 is 1.13 bits per heavy atom. The number of amides is 2. The third-order valence-electron chi connectivity index (χ3n) is 5.15. The molecule has 0 spiro atoms. The lowest BCUT2D eigenvalue weighted by molar-refractivity contribution is -0.137. The highest BCUT2D eigenvalue weighted by molar-refractivity contribution is 6.38. The van der Waals surface area contributed by atoms with Crippen molar-refractivity contribution in [2.75, 3.05) is 0 Å². The van der Waals surface area contributed by atoms with Crippen LogP contribution in [0.3, 0.4) is 0 Å². The van der Waals surface area contributed by atoms with E-state index in [4.69, 9.17) is 5.73 Å². The lowest BCUT2D eigenvalue weighted by Crippen LogP contribution is -2.47.